The van der Waals surface area contributed by atoms with Gasteiger partial charge in [-0.25, -0.2) is 0 Å². The molecule has 32 heteroatoms. The van der Waals surface area contributed by atoms with Crippen molar-refractivity contribution < 1.29 is 92.3 Å². The molecular formula is C52H85N13O19. The average Bonchev–Trinajstić information content (AvgIpc) is 2.10. The van der Waals surface area contributed by atoms with Gasteiger partial charge in [-0.15, -0.1) is 0 Å². The Morgan fingerprint density at radius 2 is 0.964 bits per heavy atom. The van der Waals surface area contributed by atoms with E-state index in [2.05, 4.69) is 57.5 Å². The molecule has 1 aromatic heterocycles. The van der Waals surface area contributed by atoms with E-state index in [4.69, 9.17) is 33.5 Å². The Balaban J connectivity index is 0.825. The van der Waals surface area contributed by atoms with Crippen LogP contribution in [-0.2, 0) is 66.8 Å². The van der Waals surface area contributed by atoms with Gasteiger partial charge < -0.3 is 106 Å². The second-order valence-electron chi connectivity index (χ2n) is 21.4. The second kappa shape index (κ2) is 33.5. The van der Waals surface area contributed by atoms with Gasteiger partial charge in [0.1, 0.15) is 47.7 Å². The van der Waals surface area contributed by atoms with Crippen molar-refractivity contribution >= 4 is 65.2 Å². The molecule has 5 saturated heterocycles. The summed E-state index contributed by atoms with van der Waals surface area (Å²) in [6, 6.07) is -1.82. The zero-order valence-corrected chi connectivity index (χ0v) is 47.8. The van der Waals surface area contributed by atoms with Gasteiger partial charge in [-0.2, -0.15) is 15.0 Å². The second-order valence-corrected chi connectivity index (χ2v) is 21.4. The van der Waals surface area contributed by atoms with Crippen LogP contribution in [0.15, 0.2) is 0 Å². The number of amides is 7. The van der Waals surface area contributed by atoms with E-state index in [1.54, 1.807) is 4.90 Å². The Morgan fingerprint density at radius 1 is 0.536 bits per heavy atom. The zero-order valence-electron chi connectivity index (χ0n) is 47.8. The van der Waals surface area contributed by atoms with Crippen LogP contribution in [0.3, 0.4) is 0 Å². The van der Waals surface area contributed by atoms with E-state index in [0.29, 0.717) is 96.8 Å². The number of aliphatic hydroxyl groups excluding tert-OH is 4. The van der Waals surface area contributed by atoms with Gasteiger partial charge in [-0.3, -0.25) is 38.4 Å². The fourth-order valence-corrected chi connectivity index (χ4v) is 10.0. The molecule has 5 aliphatic rings. The normalized spacial score (nSPS) is 26.0. The van der Waals surface area contributed by atoms with Crippen molar-refractivity contribution in [3.8, 4) is 0 Å². The van der Waals surface area contributed by atoms with E-state index in [0.717, 1.165) is 0 Å². The number of carbonyl (C=O) groups excluding carboxylic acids is 7. The summed E-state index contributed by atoms with van der Waals surface area (Å²) >= 11 is 0. The van der Waals surface area contributed by atoms with Crippen molar-refractivity contribution in [2.45, 2.75) is 158 Å². The maximum absolute atomic E-state index is 12.7. The van der Waals surface area contributed by atoms with Crippen LogP contribution >= 0.6 is 0 Å². The Morgan fingerprint density at radius 3 is 1.38 bits per heavy atom. The Kier molecular flexibility index (Phi) is 26.7. The number of ether oxygens (including phenoxy) is 6. The smallest absolute Gasteiger partial charge is 0.303 e. The highest BCUT2D eigenvalue weighted by Gasteiger charge is 2.61. The first-order chi connectivity index (χ1) is 40.3. The lowest BCUT2D eigenvalue weighted by Gasteiger charge is -2.42. The molecule has 0 radical (unpaired) electrons. The zero-order chi connectivity index (χ0) is 60.7. The molecule has 1 aromatic rings. The molecule has 0 saturated carbocycles. The number of rotatable bonds is 37. The van der Waals surface area contributed by atoms with Crippen LogP contribution in [0.5, 0.6) is 0 Å². The van der Waals surface area contributed by atoms with Gasteiger partial charge >= 0.3 is 5.97 Å². The number of fused-ring (bicyclic) bond motifs is 4. The van der Waals surface area contributed by atoms with Crippen LogP contribution in [0.25, 0.3) is 0 Å². The maximum Gasteiger partial charge on any atom is 0.303 e. The Hall–Kier alpha value is -6.23. The quantitative estimate of drug-likeness (QED) is 0.0280. The third kappa shape index (κ3) is 20.5. The monoisotopic (exact) mass is 1200 g/mol. The van der Waals surface area contributed by atoms with Crippen LogP contribution in [0, 0.1) is 0 Å². The first-order valence-electron chi connectivity index (χ1n) is 28.8. The van der Waals surface area contributed by atoms with Crippen LogP contribution in [0.1, 0.15) is 97.3 Å². The molecule has 6 heterocycles. The van der Waals surface area contributed by atoms with E-state index < -0.39 is 78.1 Å². The number of unbranched alkanes of at least 4 members (excludes halogenated alkanes) is 2. The number of hydrogen-bond acceptors (Lipinski definition) is 24. The SMILES string of the molecule is CC(=O)N[C@H]1[C@H]2OC[C@](COCCCCC(=O)NCCCNC(=O)CCNc3nc(NCCC(=O)NCCCNC(=O)CCCCOC[C@@]45CO[C@@H](O4)[C@H](NC(C)=O)[C@@H](O)[C@H]5O)nc(N4CCN(C(=O)CCCC(=O)O)CC4)n3)(O2)[C@H](O)[C@@H]1O. The summed E-state index contributed by atoms with van der Waals surface area (Å²) in [6.45, 7) is 6.16. The third-order valence-electron chi connectivity index (χ3n) is 14.6. The molecule has 4 bridgehead atoms. The molecule has 472 valence electrons. The third-order valence-corrected chi connectivity index (χ3v) is 14.6. The number of anilines is 3. The fraction of sp³-hybridized carbons (Fsp3) is 0.788. The highest BCUT2D eigenvalue weighted by atomic mass is 16.8. The number of nitrogens with zero attached hydrogens (tertiary/aromatic N) is 5. The lowest BCUT2D eigenvalue weighted by atomic mass is 9.88. The average molecular weight is 1200 g/mol. The van der Waals surface area contributed by atoms with Crippen molar-refractivity contribution in [3.05, 3.63) is 0 Å². The van der Waals surface area contributed by atoms with Crippen LogP contribution in [0.4, 0.5) is 17.8 Å². The highest BCUT2D eigenvalue weighted by molar-refractivity contribution is 5.79. The molecule has 7 amide bonds. The molecule has 0 aromatic carbocycles. The highest BCUT2D eigenvalue weighted by Crippen LogP contribution is 2.38. The van der Waals surface area contributed by atoms with E-state index >= 15 is 0 Å². The van der Waals surface area contributed by atoms with E-state index in [1.807, 2.05) is 4.90 Å². The molecule has 5 fully saturated rings. The van der Waals surface area contributed by atoms with Crippen molar-refractivity contribution in [2.24, 2.45) is 0 Å². The molecule has 0 unspecified atom stereocenters. The number of carboxylic acids is 1. The summed E-state index contributed by atoms with van der Waals surface area (Å²) in [7, 11) is 0. The van der Waals surface area contributed by atoms with Crippen LogP contribution in [0.2, 0.25) is 0 Å². The number of aliphatic carboxylic acids is 1. The van der Waals surface area contributed by atoms with Crippen molar-refractivity contribution in [1.29, 1.82) is 0 Å². The van der Waals surface area contributed by atoms with E-state index in [-0.39, 0.29) is 139 Å². The summed E-state index contributed by atoms with van der Waals surface area (Å²) in [5.74, 6) is -2.07. The molecule has 0 spiro atoms. The first-order valence-corrected chi connectivity index (χ1v) is 28.8. The standard InChI is InChI=1S/C52H85N13O19/c1-32(66)59-40-42(75)44(77)51(30-81-46(40)83-51)28-79-26-5-3-10-34(68)53-16-8-18-55-36(70)14-20-57-48-61-49(63-50(62-48)65-24-22-64(23-25-65)38(72)12-7-13-39(73)74)58-21-15-37(71)56-19-9-17-54-35(69)11-4-6-27-80-29-52-31-82-47(84-52)41(60-33(2)67)43(76)45(52)78/h40-47,75-78H,3-31H2,1-2H3,(H,53,68)(H,54,69)(H,55,70)(H,56,71)(H,59,66)(H,60,67)(H,73,74)(H2,57,58,61,62,63)/t40-,41-,42-,43-,44-,45-,46+,47+,51+,52+/m1/s1. The predicted molar refractivity (Wildman–Crippen MR) is 293 cm³/mol. The number of aliphatic hydroxyl groups is 4. The van der Waals surface area contributed by atoms with Gasteiger partial charge in [-0.1, -0.05) is 0 Å². The van der Waals surface area contributed by atoms with E-state index in [9.17, 15) is 58.8 Å². The minimum atomic E-state index is -1.34. The summed E-state index contributed by atoms with van der Waals surface area (Å²) in [5, 5.41) is 74.0. The minimum absolute atomic E-state index is 0.0161. The Labute approximate surface area is 486 Å². The number of aromatic nitrogens is 3. The minimum Gasteiger partial charge on any atom is -0.481 e. The molecule has 0 aliphatic carbocycles. The first kappa shape index (κ1) is 66.9. The van der Waals surface area contributed by atoms with Crippen molar-refractivity contribution in [1.82, 2.24) is 51.8 Å². The number of hydrogen-bond donors (Lipinski definition) is 13. The topological polar surface area (TPSA) is 434 Å². The van der Waals surface area contributed by atoms with Crippen LogP contribution < -0.4 is 47.4 Å². The van der Waals surface area contributed by atoms with Crippen LogP contribution in [-0.4, -0.2) is 258 Å². The molecule has 13 N–H and O–H groups in total. The summed E-state index contributed by atoms with van der Waals surface area (Å²) in [5.41, 5.74) is -2.53. The largest absolute Gasteiger partial charge is 0.481 e. The predicted octanol–water partition coefficient (Wildman–Crippen LogP) is -4.30. The molecular weight excluding hydrogens is 1110 g/mol. The number of carboxylic acid groups (broad SMARTS) is 1. The van der Waals surface area contributed by atoms with Gasteiger partial charge in [0.15, 0.2) is 12.6 Å². The van der Waals surface area contributed by atoms with Gasteiger partial charge in [0.05, 0.1) is 26.4 Å². The number of nitrogens with one attached hydrogen (secondary N) is 8. The number of piperazine rings is 1. The molecule has 10 atom stereocenters. The van der Waals surface area contributed by atoms with Gasteiger partial charge in [-0.05, 0) is 44.9 Å². The van der Waals surface area contributed by atoms with Crippen molar-refractivity contribution in [2.75, 3.05) is 121 Å². The Bertz CT molecular complexity index is 2230. The summed E-state index contributed by atoms with van der Waals surface area (Å²) in [4.78, 5) is 114. The summed E-state index contributed by atoms with van der Waals surface area (Å²) in [6.07, 6.45) is -3.06. The molecule has 5 aliphatic heterocycles. The molecule has 32 nitrogen and oxygen atoms in total. The maximum atomic E-state index is 12.7. The molecule has 6 rings (SSSR count). The van der Waals surface area contributed by atoms with Gasteiger partial charge in [0.25, 0.3) is 0 Å². The van der Waals surface area contributed by atoms with Gasteiger partial charge in [0.2, 0.25) is 59.2 Å². The summed E-state index contributed by atoms with van der Waals surface area (Å²) < 4.78 is 34.2. The molecule has 84 heavy (non-hydrogen) atoms. The van der Waals surface area contributed by atoms with Gasteiger partial charge in [0, 0.05) is 131 Å². The lowest BCUT2D eigenvalue weighted by Crippen LogP contribution is -2.66. The lowest BCUT2D eigenvalue weighted by molar-refractivity contribution is -0.237. The fourth-order valence-electron chi connectivity index (χ4n) is 10.0. The number of carbonyl (C=O) groups is 8. The van der Waals surface area contributed by atoms with Crippen molar-refractivity contribution in [3.63, 3.8) is 0 Å². The van der Waals surface area contributed by atoms with E-state index in [1.165, 1.54) is 13.8 Å².